The summed E-state index contributed by atoms with van der Waals surface area (Å²) >= 11 is 4.95. The highest BCUT2D eigenvalue weighted by atomic mass is 79.9. The molecule has 0 fully saturated rings. The number of halogens is 1. The van der Waals surface area contributed by atoms with E-state index in [1.165, 1.54) is 4.88 Å². The van der Waals surface area contributed by atoms with Crippen LogP contribution in [0.3, 0.4) is 0 Å². The number of amides is 1. The zero-order chi connectivity index (χ0) is 13.0. The van der Waals surface area contributed by atoms with E-state index in [2.05, 4.69) is 26.5 Å². The molecule has 5 heteroatoms. The number of hydrazone groups is 1. The summed E-state index contributed by atoms with van der Waals surface area (Å²) < 4.78 is 0.754. The van der Waals surface area contributed by atoms with E-state index in [9.17, 15) is 4.79 Å². The lowest BCUT2D eigenvalue weighted by atomic mass is 10.2. The van der Waals surface area contributed by atoms with Crippen LogP contribution in [-0.2, 0) is 0 Å². The lowest BCUT2D eigenvalue weighted by Crippen LogP contribution is -2.17. The molecule has 1 heterocycles. The van der Waals surface area contributed by atoms with Crippen molar-refractivity contribution in [2.75, 3.05) is 0 Å². The highest BCUT2D eigenvalue weighted by Crippen LogP contribution is 2.15. The van der Waals surface area contributed by atoms with Crippen LogP contribution in [0.15, 0.2) is 46.0 Å². The fourth-order valence-corrected chi connectivity index (χ4v) is 2.60. The van der Waals surface area contributed by atoms with Gasteiger partial charge in [0, 0.05) is 14.2 Å². The largest absolute Gasteiger partial charge is 0.272 e. The van der Waals surface area contributed by atoms with Crippen LogP contribution in [0.4, 0.5) is 0 Å². The number of carbonyl (C=O) groups excluding carboxylic acids is 1. The van der Waals surface area contributed by atoms with Crippen LogP contribution in [0.25, 0.3) is 0 Å². The molecule has 0 spiro atoms. The Morgan fingerprint density at radius 1 is 1.33 bits per heavy atom. The third kappa shape index (κ3) is 3.27. The average Bonchev–Trinajstić information content (AvgIpc) is 2.75. The summed E-state index contributed by atoms with van der Waals surface area (Å²) in [7, 11) is 0. The zero-order valence-electron chi connectivity index (χ0n) is 9.68. The zero-order valence-corrected chi connectivity index (χ0v) is 12.1. The summed E-state index contributed by atoms with van der Waals surface area (Å²) in [5, 5.41) is 3.94. The first-order valence-corrected chi connectivity index (χ1v) is 6.92. The number of carbonyl (C=O) groups is 1. The molecular formula is C13H11BrN2OS. The number of benzene rings is 1. The highest BCUT2D eigenvalue weighted by Gasteiger charge is 2.07. The quantitative estimate of drug-likeness (QED) is 0.681. The first-order valence-electron chi connectivity index (χ1n) is 5.31. The van der Waals surface area contributed by atoms with Crippen LogP contribution in [0.2, 0.25) is 0 Å². The van der Waals surface area contributed by atoms with Crippen molar-refractivity contribution in [2.45, 2.75) is 6.92 Å². The van der Waals surface area contributed by atoms with E-state index in [4.69, 9.17) is 0 Å². The van der Waals surface area contributed by atoms with Crippen molar-refractivity contribution in [1.82, 2.24) is 5.43 Å². The monoisotopic (exact) mass is 322 g/mol. The summed E-state index contributed by atoms with van der Waals surface area (Å²) in [5.41, 5.74) is 3.07. The minimum Gasteiger partial charge on any atom is -0.267 e. The van der Waals surface area contributed by atoms with Crippen molar-refractivity contribution >= 4 is 39.4 Å². The van der Waals surface area contributed by atoms with E-state index in [0.29, 0.717) is 5.56 Å². The van der Waals surface area contributed by atoms with E-state index in [1.807, 2.05) is 37.3 Å². The Hall–Kier alpha value is -1.46. The Morgan fingerprint density at radius 2 is 2.11 bits per heavy atom. The molecule has 92 valence electrons. The first kappa shape index (κ1) is 13.0. The molecule has 0 bridgehead atoms. The standard InChI is InChI=1S/C13H11BrN2OS/c1-9-6-7-10(18-9)8-15-16-13(17)11-4-2-3-5-12(11)14/h2-8H,1H3,(H,16,17). The van der Waals surface area contributed by atoms with Crippen LogP contribution in [0, 0.1) is 6.92 Å². The van der Waals surface area contributed by atoms with Gasteiger partial charge in [0.15, 0.2) is 0 Å². The van der Waals surface area contributed by atoms with Gasteiger partial charge in [-0.25, -0.2) is 5.43 Å². The van der Waals surface area contributed by atoms with Crippen molar-refractivity contribution in [3.63, 3.8) is 0 Å². The first-order chi connectivity index (χ1) is 8.66. The van der Waals surface area contributed by atoms with E-state index >= 15 is 0 Å². The lowest BCUT2D eigenvalue weighted by molar-refractivity contribution is 0.0954. The smallest absolute Gasteiger partial charge is 0.267 e. The number of thiophene rings is 1. The Labute approximate surface area is 118 Å². The number of nitrogens with zero attached hydrogens (tertiary/aromatic N) is 1. The van der Waals surface area contributed by atoms with E-state index in [-0.39, 0.29) is 5.91 Å². The molecule has 0 saturated carbocycles. The van der Waals surface area contributed by atoms with Gasteiger partial charge in [0.1, 0.15) is 0 Å². The van der Waals surface area contributed by atoms with Crippen LogP contribution >= 0.6 is 27.3 Å². The molecule has 2 rings (SSSR count). The van der Waals surface area contributed by atoms with E-state index < -0.39 is 0 Å². The minimum atomic E-state index is -0.230. The average molecular weight is 323 g/mol. The van der Waals surface area contributed by atoms with Crippen LogP contribution in [0.5, 0.6) is 0 Å². The van der Waals surface area contributed by atoms with Gasteiger partial charge in [-0.1, -0.05) is 12.1 Å². The maximum atomic E-state index is 11.8. The van der Waals surface area contributed by atoms with Crippen LogP contribution in [0.1, 0.15) is 20.1 Å². The van der Waals surface area contributed by atoms with Gasteiger partial charge in [-0.3, -0.25) is 4.79 Å². The van der Waals surface area contributed by atoms with E-state index in [1.54, 1.807) is 23.6 Å². The Morgan fingerprint density at radius 3 is 2.78 bits per heavy atom. The van der Waals surface area contributed by atoms with Crippen LogP contribution in [-0.4, -0.2) is 12.1 Å². The fraction of sp³-hybridized carbons (Fsp3) is 0.0769. The summed E-state index contributed by atoms with van der Waals surface area (Å²) in [6, 6.07) is 11.2. The number of aryl methyl sites for hydroxylation is 1. The molecule has 0 saturated heterocycles. The van der Waals surface area contributed by atoms with Gasteiger partial charge in [-0.2, -0.15) is 5.10 Å². The maximum absolute atomic E-state index is 11.8. The maximum Gasteiger partial charge on any atom is 0.272 e. The molecule has 0 radical (unpaired) electrons. The molecule has 2 aromatic rings. The molecule has 18 heavy (non-hydrogen) atoms. The van der Waals surface area contributed by atoms with Gasteiger partial charge in [0.25, 0.3) is 5.91 Å². The Kier molecular flexibility index (Phi) is 4.28. The molecule has 3 nitrogen and oxygen atoms in total. The molecule has 0 aliphatic heterocycles. The summed E-state index contributed by atoms with van der Waals surface area (Å²) in [4.78, 5) is 14.0. The van der Waals surface area contributed by atoms with Gasteiger partial charge in [0.05, 0.1) is 11.8 Å². The predicted molar refractivity (Wildman–Crippen MR) is 78.3 cm³/mol. The predicted octanol–water partition coefficient (Wildman–Crippen LogP) is 3.58. The van der Waals surface area contributed by atoms with Crippen molar-refractivity contribution in [1.29, 1.82) is 0 Å². The molecular weight excluding hydrogens is 312 g/mol. The van der Waals surface area contributed by atoms with E-state index in [0.717, 1.165) is 9.35 Å². The third-order valence-electron chi connectivity index (χ3n) is 2.24. The van der Waals surface area contributed by atoms with Gasteiger partial charge in [0.2, 0.25) is 0 Å². The second-order valence-corrected chi connectivity index (χ2v) is 5.80. The van der Waals surface area contributed by atoms with Gasteiger partial charge >= 0.3 is 0 Å². The molecule has 0 atom stereocenters. The lowest BCUT2D eigenvalue weighted by Gasteiger charge is -2.01. The second kappa shape index (κ2) is 5.93. The van der Waals surface area contributed by atoms with Crippen molar-refractivity contribution in [3.8, 4) is 0 Å². The van der Waals surface area contributed by atoms with Gasteiger partial charge in [-0.05, 0) is 47.1 Å². The molecule has 1 N–H and O–H groups in total. The van der Waals surface area contributed by atoms with Crippen molar-refractivity contribution < 1.29 is 4.79 Å². The minimum absolute atomic E-state index is 0.230. The van der Waals surface area contributed by atoms with Crippen LogP contribution < -0.4 is 5.43 Å². The van der Waals surface area contributed by atoms with Gasteiger partial charge in [-0.15, -0.1) is 11.3 Å². The number of hydrogen-bond acceptors (Lipinski definition) is 3. The summed E-state index contributed by atoms with van der Waals surface area (Å²) in [6.07, 6.45) is 1.65. The summed E-state index contributed by atoms with van der Waals surface area (Å²) in [5.74, 6) is -0.230. The van der Waals surface area contributed by atoms with Gasteiger partial charge < -0.3 is 0 Å². The highest BCUT2D eigenvalue weighted by molar-refractivity contribution is 9.10. The fourth-order valence-electron chi connectivity index (χ4n) is 1.38. The second-order valence-electron chi connectivity index (χ2n) is 3.63. The normalized spacial score (nSPS) is 10.8. The van der Waals surface area contributed by atoms with Crippen molar-refractivity contribution in [2.24, 2.45) is 5.10 Å². The number of nitrogens with one attached hydrogen (secondary N) is 1. The summed E-state index contributed by atoms with van der Waals surface area (Å²) in [6.45, 7) is 2.03. The Balaban J connectivity index is 2.01. The topological polar surface area (TPSA) is 41.5 Å². The number of rotatable bonds is 3. The molecule has 1 aromatic heterocycles. The molecule has 1 aromatic carbocycles. The van der Waals surface area contributed by atoms with Crippen molar-refractivity contribution in [3.05, 3.63) is 56.2 Å². The third-order valence-corrected chi connectivity index (χ3v) is 3.86. The molecule has 0 aliphatic carbocycles. The molecule has 1 amide bonds. The molecule has 0 aliphatic rings. The number of hydrogen-bond donors (Lipinski definition) is 1. The SMILES string of the molecule is Cc1ccc(C=NNC(=O)c2ccccc2Br)s1. The Bertz CT molecular complexity index is 592. The molecule has 0 unspecified atom stereocenters.